The van der Waals surface area contributed by atoms with Crippen LogP contribution in [0.2, 0.25) is 0 Å². The standard InChI is InChI=1S/C12H16N4O/c1-12(2,8-13)15-11(17)9-6-5-7-14-10(9)16(3)4/h5-7H,1-4H3,(H,15,17). The number of nitrogens with zero attached hydrogens (tertiary/aromatic N) is 3. The number of rotatable bonds is 3. The van der Waals surface area contributed by atoms with Crippen LogP contribution in [0.15, 0.2) is 18.3 Å². The summed E-state index contributed by atoms with van der Waals surface area (Å²) in [6.45, 7) is 3.30. The van der Waals surface area contributed by atoms with Crippen LogP contribution in [0.25, 0.3) is 0 Å². The largest absolute Gasteiger partial charge is 0.362 e. The molecule has 17 heavy (non-hydrogen) atoms. The van der Waals surface area contributed by atoms with E-state index in [9.17, 15) is 4.79 Å². The van der Waals surface area contributed by atoms with Crippen LogP contribution in [0.4, 0.5) is 5.82 Å². The van der Waals surface area contributed by atoms with Crippen LogP contribution >= 0.6 is 0 Å². The Balaban J connectivity index is 3.02. The summed E-state index contributed by atoms with van der Waals surface area (Å²) in [7, 11) is 3.63. The smallest absolute Gasteiger partial charge is 0.256 e. The highest BCUT2D eigenvalue weighted by atomic mass is 16.1. The molecule has 0 saturated heterocycles. The van der Waals surface area contributed by atoms with Gasteiger partial charge in [0.25, 0.3) is 5.91 Å². The summed E-state index contributed by atoms with van der Waals surface area (Å²) in [5.41, 5.74) is -0.433. The molecule has 0 spiro atoms. The summed E-state index contributed by atoms with van der Waals surface area (Å²) in [6.07, 6.45) is 1.63. The maximum Gasteiger partial charge on any atom is 0.256 e. The Hall–Kier alpha value is -2.09. The second-order valence-corrected chi connectivity index (χ2v) is 4.46. The fourth-order valence-electron chi connectivity index (χ4n) is 1.31. The van der Waals surface area contributed by atoms with Crippen molar-refractivity contribution >= 4 is 11.7 Å². The summed E-state index contributed by atoms with van der Waals surface area (Å²) < 4.78 is 0. The van der Waals surface area contributed by atoms with Crippen molar-refractivity contribution in [2.75, 3.05) is 19.0 Å². The highest BCUT2D eigenvalue weighted by Gasteiger charge is 2.22. The fourth-order valence-corrected chi connectivity index (χ4v) is 1.31. The Morgan fingerprint density at radius 2 is 2.18 bits per heavy atom. The lowest BCUT2D eigenvalue weighted by atomic mass is 10.1. The topological polar surface area (TPSA) is 69.0 Å². The Morgan fingerprint density at radius 1 is 1.53 bits per heavy atom. The van der Waals surface area contributed by atoms with Gasteiger partial charge in [0.05, 0.1) is 11.6 Å². The van der Waals surface area contributed by atoms with E-state index in [1.54, 1.807) is 37.1 Å². The molecule has 0 bridgehead atoms. The number of hydrogen-bond donors (Lipinski definition) is 1. The van der Waals surface area contributed by atoms with E-state index in [0.29, 0.717) is 11.4 Å². The minimum absolute atomic E-state index is 0.298. The van der Waals surface area contributed by atoms with E-state index in [0.717, 1.165) is 0 Å². The van der Waals surface area contributed by atoms with Crippen LogP contribution in [0.3, 0.4) is 0 Å². The Morgan fingerprint density at radius 3 is 2.71 bits per heavy atom. The SMILES string of the molecule is CN(C)c1ncccc1C(=O)NC(C)(C)C#N. The summed E-state index contributed by atoms with van der Waals surface area (Å²) in [4.78, 5) is 17.9. The highest BCUT2D eigenvalue weighted by molar-refractivity contribution is 5.99. The van der Waals surface area contributed by atoms with E-state index in [1.807, 2.05) is 20.2 Å². The van der Waals surface area contributed by atoms with Crippen molar-refractivity contribution < 1.29 is 4.79 Å². The summed E-state index contributed by atoms with van der Waals surface area (Å²) in [5, 5.41) is 11.5. The molecule has 1 rings (SSSR count). The van der Waals surface area contributed by atoms with E-state index in [2.05, 4.69) is 10.3 Å². The molecule has 1 N–H and O–H groups in total. The predicted molar refractivity (Wildman–Crippen MR) is 65.7 cm³/mol. The lowest BCUT2D eigenvalue weighted by Gasteiger charge is -2.20. The molecule has 0 fully saturated rings. The van der Waals surface area contributed by atoms with Crippen molar-refractivity contribution in [1.29, 1.82) is 5.26 Å². The maximum atomic E-state index is 12.0. The van der Waals surface area contributed by atoms with Crippen LogP contribution in [0.1, 0.15) is 24.2 Å². The molecule has 5 heteroatoms. The van der Waals surface area contributed by atoms with Crippen molar-refractivity contribution in [2.24, 2.45) is 0 Å². The molecular weight excluding hydrogens is 216 g/mol. The fraction of sp³-hybridized carbons (Fsp3) is 0.417. The highest BCUT2D eigenvalue weighted by Crippen LogP contribution is 2.15. The van der Waals surface area contributed by atoms with Gasteiger partial charge in [-0.3, -0.25) is 4.79 Å². The number of carbonyl (C=O) groups excluding carboxylic acids is 1. The van der Waals surface area contributed by atoms with Crippen LogP contribution in [-0.2, 0) is 0 Å². The lowest BCUT2D eigenvalue weighted by molar-refractivity contribution is 0.0929. The first-order valence-electron chi connectivity index (χ1n) is 5.23. The Kier molecular flexibility index (Phi) is 3.69. The van der Waals surface area contributed by atoms with Crippen molar-refractivity contribution in [3.63, 3.8) is 0 Å². The first-order chi connectivity index (χ1) is 7.87. The number of anilines is 1. The van der Waals surface area contributed by atoms with E-state index in [1.165, 1.54) is 0 Å². The van der Waals surface area contributed by atoms with Crippen molar-refractivity contribution in [3.05, 3.63) is 23.9 Å². The average Bonchev–Trinajstić information content (AvgIpc) is 2.28. The molecule has 1 aromatic rings. The zero-order valence-corrected chi connectivity index (χ0v) is 10.5. The predicted octanol–water partition coefficient (Wildman–Crippen LogP) is 1.18. The summed E-state index contributed by atoms with van der Waals surface area (Å²) in [5.74, 6) is 0.284. The first kappa shape index (κ1) is 13.0. The monoisotopic (exact) mass is 232 g/mol. The van der Waals surface area contributed by atoms with E-state index in [4.69, 9.17) is 5.26 Å². The van der Waals surface area contributed by atoms with Crippen molar-refractivity contribution in [1.82, 2.24) is 10.3 Å². The average molecular weight is 232 g/mol. The quantitative estimate of drug-likeness (QED) is 0.849. The molecule has 0 radical (unpaired) electrons. The minimum Gasteiger partial charge on any atom is -0.362 e. The number of carbonyl (C=O) groups is 1. The van der Waals surface area contributed by atoms with Crippen LogP contribution < -0.4 is 10.2 Å². The Bertz CT molecular complexity index is 460. The third-order valence-electron chi connectivity index (χ3n) is 2.16. The number of amides is 1. The van der Waals surface area contributed by atoms with E-state index >= 15 is 0 Å². The van der Waals surface area contributed by atoms with E-state index in [-0.39, 0.29) is 5.91 Å². The van der Waals surface area contributed by atoms with Gasteiger partial charge in [0.15, 0.2) is 0 Å². The summed E-state index contributed by atoms with van der Waals surface area (Å²) in [6, 6.07) is 5.41. The molecule has 1 amide bonds. The molecule has 0 atom stereocenters. The molecule has 1 heterocycles. The van der Waals surface area contributed by atoms with Crippen LogP contribution in [0, 0.1) is 11.3 Å². The van der Waals surface area contributed by atoms with Crippen molar-refractivity contribution in [3.8, 4) is 6.07 Å². The Labute approximate surface area is 101 Å². The van der Waals surface area contributed by atoms with Gasteiger partial charge in [-0.2, -0.15) is 5.26 Å². The zero-order valence-electron chi connectivity index (χ0n) is 10.5. The van der Waals surface area contributed by atoms with Crippen LogP contribution in [0.5, 0.6) is 0 Å². The molecule has 0 saturated carbocycles. The van der Waals surface area contributed by atoms with Gasteiger partial charge < -0.3 is 10.2 Å². The van der Waals surface area contributed by atoms with Gasteiger partial charge in [0.2, 0.25) is 0 Å². The zero-order chi connectivity index (χ0) is 13.1. The summed E-state index contributed by atoms with van der Waals surface area (Å²) >= 11 is 0. The number of pyridine rings is 1. The number of nitrogens with one attached hydrogen (secondary N) is 1. The minimum atomic E-state index is -0.892. The van der Waals surface area contributed by atoms with Gasteiger partial charge in [-0.05, 0) is 26.0 Å². The van der Waals surface area contributed by atoms with Crippen LogP contribution in [-0.4, -0.2) is 30.5 Å². The third-order valence-corrected chi connectivity index (χ3v) is 2.16. The van der Waals surface area contributed by atoms with Gasteiger partial charge >= 0.3 is 0 Å². The third kappa shape index (κ3) is 3.18. The molecule has 0 aromatic carbocycles. The number of aromatic nitrogens is 1. The number of nitriles is 1. The van der Waals surface area contributed by atoms with Gasteiger partial charge in [-0.15, -0.1) is 0 Å². The molecular formula is C12H16N4O. The molecule has 1 aromatic heterocycles. The molecule has 0 aliphatic carbocycles. The lowest BCUT2D eigenvalue weighted by Crippen LogP contribution is -2.42. The van der Waals surface area contributed by atoms with Gasteiger partial charge in [-0.1, -0.05) is 0 Å². The molecule has 0 aliphatic heterocycles. The molecule has 90 valence electrons. The maximum absolute atomic E-state index is 12.0. The number of hydrogen-bond acceptors (Lipinski definition) is 4. The van der Waals surface area contributed by atoms with Gasteiger partial charge in [0.1, 0.15) is 11.4 Å². The first-order valence-corrected chi connectivity index (χ1v) is 5.23. The van der Waals surface area contributed by atoms with Gasteiger partial charge in [-0.25, -0.2) is 4.98 Å². The molecule has 0 unspecified atom stereocenters. The second-order valence-electron chi connectivity index (χ2n) is 4.46. The second kappa shape index (κ2) is 4.83. The molecule has 0 aliphatic rings. The molecule has 5 nitrogen and oxygen atoms in total. The normalized spacial score (nSPS) is 10.5. The van der Waals surface area contributed by atoms with Crippen molar-refractivity contribution in [2.45, 2.75) is 19.4 Å². The van der Waals surface area contributed by atoms with Gasteiger partial charge in [0, 0.05) is 20.3 Å². The van der Waals surface area contributed by atoms with E-state index < -0.39 is 5.54 Å².